The molecule has 4 rings (SSSR count). The Morgan fingerprint density at radius 2 is 2.00 bits per heavy atom. The maximum absolute atomic E-state index is 9.84. The third-order valence-corrected chi connectivity index (χ3v) is 5.57. The zero-order valence-electron chi connectivity index (χ0n) is 16.0. The summed E-state index contributed by atoms with van der Waals surface area (Å²) in [5, 5.41) is 11.8. The van der Waals surface area contributed by atoms with Crippen molar-refractivity contribution in [1.82, 2.24) is 0 Å². The summed E-state index contributed by atoms with van der Waals surface area (Å²) in [6.07, 6.45) is 0. The van der Waals surface area contributed by atoms with Crippen LogP contribution in [-0.2, 0) is 0 Å². The van der Waals surface area contributed by atoms with E-state index in [2.05, 4.69) is 22.0 Å². The Bertz CT molecular complexity index is 1180. The van der Waals surface area contributed by atoms with Crippen molar-refractivity contribution in [3.63, 3.8) is 0 Å². The molecule has 1 aliphatic rings. The zero-order valence-corrected chi connectivity index (χ0v) is 17.6. The van der Waals surface area contributed by atoms with Gasteiger partial charge in [-0.15, -0.1) is 0 Å². The number of nitrogens with zero attached hydrogens (tertiary/aromatic N) is 1. The van der Waals surface area contributed by atoms with Crippen molar-refractivity contribution in [3.8, 4) is 23.3 Å². The Morgan fingerprint density at radius 1 is 1.21 bits per heavy atom. The van der Waals surface area contributed by atoms with Gasteiger partial charge in [-0.1, -0.05) is 36.4 Å². The van der Waals surface area contributed by atoms with Gasteiger partial charge in [0.05, 0.1) is 24.1 Å². The fourth-order valence-corrected chi connectivity index (χ4v) is 4.37. The molecule has 0 aliphatic carbocycles. The average molecular weight is 451 g/mol. The highest BCUT2D eigenvalue weighted by Gasteiger charge is 2.32. The molecule has 0 spiro atoms. The van der Waals surface area contributed by atoms with Crippen LogP contribution in [0.4, 0.5) is 0 Å². The Morgan fingerprint density at radius 3 is 2.72 bits per heavy atom. The predicted octanol–water partition coefficient (Wildman–Crippen LogP) is 5.23. The van der Waals surface area contributed by atoms with Crippen molar-refractivity contribution in [1.29, 1.82) is 5.26 Å². The molecule has 1 unspecified atom stereocenters. The number of fused-ring (bicyclic) bond motifs is 3. The molecule has 0 saturated heterocycles. The molecule has 1 atom stereocenters. The Hall–Kier alpha value is -3.17. The number of rotatable bonds is 4. The van der Waals surface area contributed by atoms with Crippen molar-refractivity contribution in [2.24, 2.45) is 5.73 Å². The smallest absolute Gasteiger partial charge is 0.205 e. The molecule has 0 saturated carbocycles. The molecule has 0 bridgehead atoms. The number of benzene rings is 3. The van der Waals surface area contributed by atoms with Crippen LogP contribution in [0.3, 0.4) is 0 Å². The van der Waals surface area contributed by atoms with Crippen LogP contribution in [-0.4, -0.2) is 13.7 Å². The molecule has 6 heteroatoms. The fourth-order valence-electron chi connectivity index (χ4n) is 3.75. The summed E-state index contributed by atoms with van der Waals surface area (Å²) in [4.78, 5) is 0. The summed E-state index contributed by atoms with van der Waals surface area (Å²) in [5.41, 5.74) is 8.29. The van der Waals surface area contributed by atoms with Gasteiger partial charge >= 0.3 is 0 Å². The van der Waals surface area contributed by atoms with Crippen molar-refractivity contribution >= 4 is 26.7 Å². The van der Waals surface area contributed by atoms with Crippen LogP contribution in [0.1, 0.15) is 24.0 Å². The van der Waals surface area contributed by atoms with Gasteiger partial charge in [0, 0.05) is 10.9 Å². The lowest BCUT2D eigenvalue weighted by molar-refractivity contribution is 0.309. The molecule has 3 aromatic carbocycles. The Kier molecular flexibility index (Phi) is 5.08. The van der Waals surface area contributed by atoms with E-state index in [-0.39, 0.29) is 11.8 Å². The van der Waals surface area contributed by atoms with E-state index in [1.807, 2.05) is 55.5 Å². The summed E-state index contributed by atoms with van der Waals surface area (Å²) >= 11 is 3.57. The molecule has 0 amide bonds. The minimum atomic E-state index is -0.380. The topological polar surface area (TPSA) is 77.5 Å². The summed E-state index contributed by atoms with van der Waals surface area (Å²) in [5.74, 6) is 1.62. The first-order chi connectivity index (χ1) is 14.1. The molecule has 1 aliphatic heterocycles. The van der Waals surface area contributed by atoms with E-state index in [0.717, 1.165) is 26.4 Å². The number of methoxy groups -OCH3 is 1. The number of ether oxygens (including phenoxy) is 3. The lowest BCUT2D eigenvalue weighted by Gasteiger charge is -2.28. The molecular formula is C23H19BrN2O3. The second-order valence-corrected chi connectivity index (χ2v) is 7.45. The van der Waals surface area contributed by atoms with E-state index in [4.69, 9.17) is 19.9 Å². The Labute approximate surface area is 177 Å². The highest BCUT2D eigenvalue weighted by molar-refractivity contribution is 9.10. The van der Waals surface area contributed by atoms with Crippen molar-refractivity contribution < 1.29 is 14.2 Å². The van der Waals surface area contributed by atoms with Gasteiger partial charge in [-0.25, -0.2) is 0 Å². The number of allylic oxidation sites excluding steroid dienone is 1. The van der Waals surface area contributed by atoms with E-state index in [1.54, 1.807) is 7.11 Å². The molecule has 146 valence electrons. The average Bonchev–Trinajstić information content (AvgIpc) is 2.72. The van der Waals surface area contributed by atoms with E-state index < -0.39 is 0 Å². The van der Waals surface area contributed by atoms with Crippen molar-refractivity contribution in [2.75, 3.05) is 13.7 Å². The summed E-state index contributed by atoms with van der Waals surface area (Å²) in [7, 11) is 1.59. The van der Waals surface area contributed by atoms with Crippen LogP contribution >= 0.6 is 15.9 Å². The lowest BCUT2D eigenvalue weighted by atomic mass is 9.82. The number of nitrogens with two attached hydrogens (primary N) is 1. The standard InChI is InChI=1S/C23H19BrN2O3/c1-3-28-19-11-14(10-18(24)22(19)27-2)20-16-9-8-13-6-4-5-7-15(13)21(16)29-23(26)17(20)12-25/h4-11,20H,3,26H2,1-2H3. The van der Waals surface area contributed by atoms with Gasteiger partial charge < -0.3 is 19.9 Å². The van der Waals surface area contributed by atoms with Crippen LogP contribution in [0, 0.1) is 11.3 Å². The molecule has 0 fully saturated rings. The van der Waals surface area contributed by atoms with Crippen molar-refractivity contribution in [2.45, 2.75) is 12.8 Å². The van der Waals surface area contributed by atoms with Crippen LogP contribution in [0.5, 0.6) is 17.2 Å². The largest absolute Gasteiger partial charge is 0.492 e. The molecule has 2 N–H and O–H groups in total. The second-order valence-electron chi connectivity index (χ2n) is 6.60. The number of nitriles is 1. The van der Waals surface area contributed by atoms with Gasteiger partial charge in [0.15, 0.2) is 11.5 Å². The highest BCUT2D eigenvalue weighted by Crippen LogP contribution is 2.48. The predicted molar refractivity (Wildman–Crippen MR) is 115 cm³/mol. The number of hydrogen-bond acceptors (Lipinski definition) is 5. The first kappa shape index (κ1) is 19.2. The maximum atomic E-state index is 9.84. The molecule has 3 aromatic rings. The third kappa shape index (κ3) is 3.18. The van der Waals surface area contributed by atoms with Gasteiger partial charge in [-0.05, 0) is 45.9 Å². The molecule has 1 heterocycles. The van der Waals surface area contributed by atoms with Crippen LogP contribution in [0.25, 0.3) is 10.8 Å². The van der Waals surface area contributed by atoms with Crippen LogP contribution in [0.2, 0.25) is 0 Å². The summed E-state index contributed by atoms with van der Waals surface area (Å²) < 4.78 is 17.9. The Balaban J connectivity index is 1.98. The van der Waals surface area contributed by atoms with Crippen LogP contribution in [0.15, 0.2) is 64.5 Å². The van der Waals surface area contributed by atoms with Gasteiger partial charge in [-0.3, -0.25) is 0 Å². The van der Waals surface area contributed by atoms with Crippen LogP contribution < -0.4 is 19.9 Å². The monoisotopic (exact) mass is 450 g/mol. The normalized spacial score (nSPS) is 15.4. The van der Waals surface area contributed by atoms with E-state index >= 15 is 0 Å². The SMILES string of the molecule is CCOc1cc(C2C(C#N)=C(N)Oc3c2ccc2ccccc32)cc(Br)c1OC. The quantitative estimate of drug-likeness (QED) is 0.588. The molecule has 0 aromatic heterocycles. The molecular weight excluding hydrogens is 432 g/mol. The maximum Gasteiger partial charge on any atom is 0.205 e. The highest BCUT2D eigenvalue weighted by atomic mass is 79.9. The second kappa shape index (κ2) is 7.69. The van der Waals surface area contributed by atoms with E-state index in [9.17, 15) is 5.26 Å². The summed E-state index contributed by atoms with van der Waals surface area (Å²) in [6, 6.07) is 18.0. The fraction of sp³-hybridized carbons (Fsp3) is 0.174. The molecule has 0 radical (unpaired) electrons. The lowest BCUT2D eigenvalue weighted by Crippen LogP contribution is -2.21. The third-order valence-electron chi connectivity index (χ3n) is 4.98. The summed E-state index contributed by atoms with van der Waals surface area (Å²) in [6.45, 7) is 2.40. The first-order valence-corrected chi connectivity index (χ1v) is 9.97. The first-order valence-electron chi connectivity index (χ1n) is 9.18. The number of halogens is 1. The molecule has 29 heavy (non-hydrogen) atoms. The number of hydrogen-bond donors (Lipinski definition) is 1. The van der Waals surface area contributed by atoms with Gasteiger partial charge in [0.25, 0.3) is 0 Å². The van der Waals surface area contributed by atoms with Gasteiger partial charge in [0.2, 0.25) is 5.88 Å². The van der Waals surface area contributed by atoms with Gasteiger partial charge in [-0.2, -0.15) is 5.26 Å². The van der Waals surface area contributed by atoms with Crippen molar-refractivity contribution in [3.05, 3.63) is 75.6 Å². The van der Waals surface area contributed by atoms with Gasteiger partial charge in [0.1, 0.15) is 17.4 Å². The van der Waals surface area contributed by atoms with E-state index in [0.29, 0.717) is 29.4 Å². The molecule has 5 nitrogen and oxygen atoms in total. The minimum absolute atomic E-state index is 0.117. The zero-order chi connectivity index (χ0) is 20.5. The minimum Gasteiger partial charge on any atom is -0.492 e. The van der Waals surface area contributed by atoms with E-state index in [1.165, 1.54) is 0 Å².